The van der Waals surface area contributed by atoms with Gasteiger partial charge in [0.1, 0.15) is 18.4 Å². The predicted octanol–water partition coefficient (Wildman–Crippen LogP) is 3.03. The second-order valence-corrected chi connectivity index (χ2v) is 8.12. The molecule has 1 atom stereocenters. The highest BCUT2D eigenvalue weighted by atomic mass is 32.1. The number of piperazine rings is 1. The van der Waals surface area contributed by atoms with Crippen LogP contribution in [-0.2, 0) is 16.2 Å². The SMILES string of the molecule is Cc1nc(COc2ccc(C=CC(=O)N3CCNC(=O)C3C(C)C)cc2)cs1. The molecule has 2 amide bonds. The van der Waals surface area contributed by atoms with Crippen LogP contribution in [0, 0.1) is 12.8 Å². The molecule has 0 saturated carbocycles. The maximum Gasteiger partial charge on any atom is 0.247 e. The summed E-state index contributed by atoms with van der Waals surface area (Å²) in [6, 6.07) is 7.11. The van der Waals surface area contributed by atoms with Gasteiger partial charge in [0, 0.05) is 24.5 Å². The monoisotopic (exact) mass is 399 g/mol. The Morgan fingerprint density at radius 3 is 2.79 bits per heavy atom. The van der Waals surface area contributed by atoms with E-state index in [0.717, 1.165) is 22.0 Å². The number of hydrogen-bond donors (Lipinski definition) is 1. The third-order valence-corrected chi connectivity index (χ3v) is 5.34. The molecule has 1 aliphatic heterocycles. The molecular weight excluding hydrogens is 374 g/mol. The highest BCUT2D eigenvalue weighted by Gasteiger charge is 2.34. The van der Waals surface area contributed by atoms with Crippen LogP contribution in [0.25, 0.3) is 6.08 Å². The van der Waals surface area contributed by atoms with Crippen molar-refractivity contribution in [1.82, 2.24) is 15.2 Å². The number of benzene rings is 1. The fraction of sp³-hybridized carbons (Fsp3) is 0.381. The summed E-state index contributed by atoms with van der Waals surface area (Å²) in [5.74, 6) is 0.588. The van der Waals surface area contributed by atoms with Crippen molar-refractivity contribution in [2.45, 2.75) is 33.4 Å². The molecule has 0 aliphatic carbocycles. The van der Waals surface area contributed by atoms with Crippen LogP contribution in [0.1, 0.15) is 30.1 Å². The largest absolute Gasteiger partial charge is 0.487 e. The second kappa shape index (κ2) is 9.01. The first kappa shape index (κ1) is 20.1. The predicted molar refractivity (Wildman–Crippen MR) is 110 cm³/mol. The van der Waals surface area contributed by atoms with Gasteiger partial charge >= 0.3 is 0 Å². The van der Waals surface area contributed by atoms with Gasteiger partial charge in [-0.15, -0.1) is 11.3 Å². The summed E-state index contributed by atoms with van der Waals surface area (Å²) in [5.41, 5.74) is 1.81. The van der Waals surface area contributed by atoms with Crippen molar-refractivity contribution in [3.05, 3.63) is 52.0 Å². The molecule has 0 bridgehead atoms. The van der Waals surface area contributed by atoms with Gasteiger partial charge in [0.05, 0.1) is 10.7 Å². The molecule has 1 aliphatic rings. The van der Waals surface area contributed by atoms with Crippen molar-refractivity contribution in [3.63, 3.8) is 0 Å². The van der Waals surface area contributed by atoms with Gasteiger partial charge in [-0.3, -0.25) is 9.59 Å². The van der Waals surface area contributed by atoms with Crippen LogP contribution in [0.4, 0.5) is 0 Å². The number of aromatic nitrogens is 1. The Hall–Kier alpha value is -2.67. The van der Waals surface area contributed by atoms with E-state index >= 15 is 0 Å². The van der Waals surface area contributed by atoms with Crippen LogP contribution in [0.15, 0.2) is 35.7 Å². The van der Waals surface area contributed by atoms with E-state index in [1.54, 1.807) is 22.3 Å². The Balaban J connectivity index is 1.58. The average molecular weight is 400 g/mol. The molecule has 28 heavy (non-hydrogen) atoms. The molecule has 1 saturated heterocycles. The Labute approximate surface area is 169 Å². The van der Waals surface area contributed by atoms with Crippen LogP contribution >= 0.6 is 11.3 Å². The second-order valence-electron chi connectivity index (χ2n) is 7.06. The molecule has 1 aromatic carbocycles. The van der Waals surface area contributed by atoms with Crippen molar-refractivity contribution in [2.24, 2.45) is 5.92 Å². The minimum absolute atomic E-state index is 0.0654. The van der Waals surface area contributed by atoms with E-state index in [9.17, 15) is 9.59 Å². The number of carbonyl (C=O) groups is 2. The molecule has 3 rings (SSSR count). The van der Waals surface area contributed by atoms with Crippen molar-refractivity contribution in [2.75, 3.05) is 13.1 Å². The number of nitrogens with one attached hydrogen (secondary N) is 1. The number of aryl methyl sites for hydroxylation is 1. The summed E-state index contributed by atoms with van der Waals surface area (Å²) in [4.78, 5) is 30.7. The number of rotatable bonds is 6. The lowest BCUT2D eigenvalue weighted by Crippen LogP contribution is -2.58. The first-order valence-electron chi connectivity index (χ1n) is 9.34. The molecule has 0 radical (unpaired) electrons. The highest BCUT2D eigenvalue weighted by molar-refractivity contribution is 7.09. The van der Waals surface area contributed by atoms with Crippen LogP contribution < -0.4 is 10.1 Å². The van der Waals surface area contributed by atoms with E-state index in [4.69, 9.17) is 4.74 Å². The third-order valence-electron chi connectivity index (χ3n) is 4.52. The zero-order valence-electron chi connectivity index (χ0n) is 16.3. The topological polar surface area (TPSA) is 71.5 Å². The van der Waals surface area contributed by atoms with E-state index in [2.05, 4.69) is 10.3 Å². The van der Waals surface area contributed by atoms with Gasteiger partial charge in [-0.05, 0) is 36.6 Å². The minimum Gasteiger partial charge on any atom is -0.487 e. The molecule has 2 heterocycles. The standard InChI is InChI=1S/C21H25N3O3S/c1-14(2)20-21(26)22-10-11-24(20)19(25)9-6-16-4-7-18(8-5-16)27-12-17-13-28-15(3)23-17/h4-9,13-14,20H,10-12H2,1-3H3,(H,22,26). The molecule has 6 nitrogen and oxygen atoms in total. The lowest BCUT2D eigenvalue weighted by molar-refractivity contribution is -0.141. The highest BCUT2D eigenvalue weighted by Crippen LogP contribution is 2.18. The van der Waals surface area contributed by atoms with Gasteiger partial charge in [-0.2, -0.15) is 0 Å². The number of hydrogen-bond acceptors (Lipinski definition) is 5. The summed E-state index contributed by atoms with van der Waals surface area (Å²) in [6.45, 7) is 7.32. The molecule has 1 unspecified atom stereocenters. The Morgan fingerprint density at radius 1 is 1.39 bits per heavy atom. The van der Waals surface area contributed by atoms with Crippen LogP contribution in [0.2, 0.25) is 0 Å². The lowest BCUT2D eigenvalue weighted by Gasteiger charge is -2.36. The van der Waals surface area contributed by atoms with Crippen LogP contribution in [-0.4, -0.2) is 40.8 Å². The molecule has 2 aromatic rings. The van der Waals surface area contributed by atoms with Crippen molar-refractivity contribution >= 4 is 29.2 Å². The quantitative estimate of drug-likeness (QED) is 0.758. The van der Waals surface area contributed by atoms with Gasteiger partial charge in [-0.25, -0.2) is 4.98 Å². The molecule has 0 spiro atoms. The van der Waals surface area contributed by atoms with Gasteiger partial charge in [-0.1, -0.05) is 26.0 Å². The fourth-order valence-electron chi connectivity index (χ4n) is 3.16. The molecular formula is C21H25N3O3S. The van der Waals surface area contributed by atoms with Gasteiger partial charge in [0.2, 0.25) is 11.8 Å². The molecule has 1 fully saturated rings. The third kappa shape index (κ3) is 4.98. The first-order valence-corrected chi connectivity index (χ1v) is 10.2. The van der Waals surface area contributed by atoms with E-state index in [-0.39, 0.29) is 17.7 Å². The van der Waals surface area contributed by atoms with Crippen LogP contribution in [0.5, 0.6) is 5.75 Å². The maximum absolute atomic E-state index is 12.6. The van der Waals surface area contributed by atoms with Crippen molar-refractivity contribution in [1.29, 1.82) is 0 Å². The first-order chi connectivity index (χ1) is 13.4. The zero-order chi connectivity index (χ0) is 20.1. The number of ether oxygens (including phenoxy) is 1. The zero-order valence-corrected chi connectivity index (χ0v) is 17.2. The summed E-state index contributed by atoms with van der Waals surface area (Å²) in [5, 5.41) is 5.84. The normalized spacial score (nSPS) is 17.2. The lowest BCUT2D eigenvalue weighted by atomic mass is 9.99. The minimum atomic E-state index is -0.420. The Bertz CT molecular complexity index is 858. The molecule has 7 heteroatoms. The summed E-state index contributed by atoms with van der Waals surface area (Å²) >= 11 is 1.60. The van der Waals surface area contributed by atoms with Gasteiger partial charge < -0.3 is 15.0 Å². The van der Waals surface area contributed by atoms with Crippen molar-refractivity contribution < 1.29 is 14.3 Å². The van der Waals surface area contributed by atoms with Crippen molar-refractivity contribution in [3.8, 4) is 5.75 Å². The number of amides is 2. The van der Waals surface area contributed by atoms with E-state index in [0.29, 0.717) is 19.7 Å². The Morgan fingerprint density at radius 2 is 2.14 bits per heavy atom. The molecule has 148 valence electrons. The maximum atomic E-state index is 12.6. The summed E-state index contributed by atoms with van der Waals surface area (Å²) in [6.07, 6.45) is 3.29. The van der Waals surface area contributed by atoms with Gasteiger partial charge in [0.25, 0.3) is 0 Å². The van der Waals surface area contributed by atoms with Crippen LogP contribution in [0.3, 0.4) is 0 Å². The Kier molecular flexibility index (Phi) is 6.46. The smallest absolute Gasteiger partial charge is 0.247 e. The van der Waals surface area contributed by atoms with E-state index in [1.807, 2.05) is 50.4 Å². The van der Waals surface area contributed by atoms with E-state index < -0.39 is 6.04 Å². The molecule has 1 aromatic heterocycles. The summed E-state index contributed by atoms with van der Waals surface area (Å²) < 4.78 is 5.73. The summed E-state index contributed by atoms with van der Waals surface area (Å²) in [7, 11) is 0. The number of thiazole rings is 1. The number of nitrogens with zero attached hydrogens (tertiary/aromatic N) is 2. The average Bonchev–Trinajstić information content (AvgIpc) is 3.10. The number of carbonyl (C=O) groups excluding carboxylic acids is 2. The van der Waals surface area contributed by atoms with E-state index in [1.165, 1.54) is 6.08 Å². The van der Waals surface area contributed by atoms with Gasteiger partial charge in [0.15, 0.2) is 0 Å². The fourth-order valence-corrected chi connectivity index (χ4v) is 3.76. The molecule has 1 N–H and O–H groups in total.